The fourth-order valence-corrected chi connectivity index (χ4v) is 2.59. The Hall–Kier alpha value is -1.02. The zero-order chi connectivity index (χ0) is 13.9. The van der Waals surface area contributed by atoms with Gasteiger partial charge >= 0.3 is 0 Å². The second kappa shape index (κ2) is 5.54. The molecule has 2 rings (SSSR count). The maximum absolute atomic E-state index is 10.7. The fraction of sp³-hybridized carbons (Fsp3) is 0.583. The van der Waals surface area contributed by atoms with E-state index >= 15 is 0 Å². The highest BCUT2D eigenvalue weighted by Crippen LogP contribution is 2.30. The summed E-state index contributed by atoms with van der Waals surface area (Å²) in [5, 5.41) is 10.5. The Bertz CT molecular complexity index is 537. The number of ether oxygens (including phenoxy) is 1. The van der Waals surface area contributed by atoms with Gasteiger partial charge in [-0.3, -0.25) is 9.54 Å². The van der Waals surface area contributed by atoms with Gasteiger partial charge in [-0.05, 0) is 24.1 Å². The first-order valence-corrected chi connectivity index (χ1v) is 7.71. The van der Waals surface area contributed by atoms with Gasteiger partial charge < -0.3 is 9.84 Å². The second-order valence-electron chi connectivity index (χ2n) is 4.73. The molecule has 0 aliphatic carbocycles. The normalized spacial score (nSPS) is 19.3. The maximum Gasteiger partial charge on any atom is 0.265 e. The molecule has 1 aromatic rings. The van der Waals surface area contributed by atoms with E-state index in [9.17, 15) is 13.5 Å². The van der Waals surface area contributed by atoms with Crippen LogP contribution in [-0.4, -0.2) is 42.0 Å². The molecule has 0 amide bonds. The summed E-state index contributed by atoms with van der Waals surface area (Å²) in [6.07, 6.45) is 2.69. The topological polar surface area (TPSA) is 96.7 Å². The van der Waals surface area contributed by atoms with Crippen molar-refractivity contribution in [1.29, 1.82) is 0 Å². The van der Waals surface area contributed by atoms with Gasteiger partial charge in [0.05, 0.1) is 11.4 Å². The molecule has 1 aromatic heterocycles. The number of aliphatic hydroxyl groups is 1. The minimum absolute atomic E-state index is 0.195. The zero-order valence-electron chi connectivity index (χ0n) is 10.4. The molecule has 106 valence electrons. The van der Waals surface area contributed by atoms with E-state index in [4.69, 9.17) is 9.29 Å². The Kier molecular flexibility index (Phi) is 4.19. The predicted molar refractivity (Wildman–Crippen MR) is 68.3 cm³/mol. The van der Waals surface area contributed by atoms with Gasteiger partial charge in [0.1, 0.15) is 5.60 Å². The average molecular weight is 287 g/mol. The highest BCUT2D eigenvalue weighted by molar-refractivity contribution is 7.85. The van der Waals surface area contributed by atoms with E-state index in [-0.39, 0.29) is 12.2 Å². The van der Waals surface area contributed by atoms with Crippen LogP contribution in [0.3, 0.4) is 0 Å². The first kappa shape index (κ1) is 14.4. The van der Waals surface area contributed by atoms with Gasteiger partial charge in [0.2, 0.25) is 0 Å². The molecule has 0 radical (unpaired) electrons. The van der Waals surface area contributed by atoms with Gasteiger partial charge in [0.15, 0.2) is 0 Å². The van der Waals surface area contributed by atoms with Crippen molar-refractivity contribution in [2.24, 2.45) is 0 Å². The number of aryl methyl sites for hydroxylation is 1. The SMILES string of the molecule is O=S(=O)(O)CCc1ccnc(C2(O)CCOCC2)c1. The summed E-state index contributed by atoms with van der Waals surface area (Å²) >= 11 is 0. The Morgan fingerprint density at radius 3 is 2.68 bits per heavy atom. The van der Waals surface area contributed by atoms with Gasteiger partial charge in [0, 0.05) is 32.3 Å². The Morgan fingerprint density at radius 1 is 1.37 bits per heavy atom. The Morgan fingerprint density at radius 2 is 2.05 bits per heavy atom. The molecule has 19 heavy (non-hydrogen) atoms. The van der Waals surface area contributed by atoms with Crippen LogP contribution in [0.5, 0.6) is 0 Å². The van der Waals surface area contributed by atoms with Crippen molar-refractivity contribution < 1.29 is 22.8 Å². The summed E-state index contributed by atoms with van der Waals surface area (Å²) in [4.78, 5) is 4.16. The van der Waals surface area contributed by atoms with E-state index in [1.54, 1.807) is 18.3 Å². The predicted octanol–water partition coefficient (Wildman–Crippen LogP) is 0.510. The molecule has 1 aliphatic heterocycles. The third-order valence-corrected chi connectivity index (χ3v) is 3.99. The molecule has 0 atom stereocenters. The number of aromatic nitrogens is 1. The molecule has 2 N–H and O–H groups in total. The zero-order valence-corrected chi connectivity index (χ0v) is 11.3. The summed E-state index contributed by atoms with van der Waals surface area (Å²) in [7, 11) is -3.98. The lowest BCUT2D eigenvalue weighted by Crippen LogP contribution is -2.34. The molecule has 0 bridgehead atoms. The van der Waals surface area contributed by atoms with E-state index in [0.717, 1.165) is 5.56 Å². The van der Waals surface area contributed by atoms with Crippen molar-refractivity contribution in [2.75, 3.05) is 19.0 Å². The highest BCUT2D eigenvalue weighted by Gasteiger charge is 2.33. The number of rotatable bonds is 4. The van der Waals surface area contributed by atoms with Crippen molar-refractivity contribution >= 4 is 10.1 Å². The summed E-state index contributed by atoms with van der Waals surface area (Å²) < 4.78 is 35.4. The lowest BCUT2D eigenvalue weighted by atomic mass is 9.89. The van der Waals surface area contributed by atoms with Gasteiger partial charge in [-0.1, -0.05) is 0 Å². The van der Waals surface area contributed by atoms with Crippen LogP contribution in [0, 0.1) is 0 Å². The largest absolute Gasteiger partial charge is 0.383 e. The number of hydrogen-bond donors (Lipinski definition) is 2. The van der Waals surface area contributed by atoms with Crippen molar-refractivity contribution in [1.82, 2.24) is 4.98 Å². The number of pyridine rings is 1. The highest BCUT2D eigenvalue weighted by atomic mass is 32.2. The van der Waals surface area contributed by atoms with E-state index in [0.29, 0.717) is 31.7 Å². The molecule has 0 unspecified atom stereocenters. The van der Waals surface area contributed by atoms with Crippen LogP contribution < -0.4 is 0 Å². The molecule has 0 aromatic carbocycles. The molecule has 1 aliphatic rings. The van der Waals surface area contributed by atoms with E-state index in [1.165, 1.54) is 0 Å². The first-order valence-electron chi connectivity index (χ1n) is 6.10. The van der Waals surface area contributed by atoms with Gasteiger partial charge in [-0.15, -0.1) is 0 Å². The van der Waals surface area contributed by atoms with Crippen LogP contribution in [0.2, 0.25) is 0 Å². The maximum atomic E-state index is 10.7. The van der Waals surface area contributed by atoms with E-state index < -0.39 is 15.7 Å². The van der Waals surface area contributed by atoms with Crippen LogP contribution in [0.15, 0.2) is 18.3 Å². The minimum atomic E-state index is -3.98. The van der Waals surface area contributed by atoms with Crippen LogP contribution in [0.25, 0.3) is 0 Å². The van der Waals surface area contributed by atoms with Crippen LogP contribution in [0.1, 0.15) is 24.1 Å². The quantitative estimate of drug-likeness (QED) is 0.783. The standard InChI is InChI=1S/C12H17NO5S/c14-12(3-6-18-7-4-12)11-9-10(1-5-13-11)2-8-19(15,16)17/h1,5,9,14H,2-4,6-8H2,(H,15,16,17). The van der Waals surface area contributed by atoms with Crippen molar-refractivity contribution in [3.05, 3.63) is 29.6 Å². The molecule has 6 nitrogen and oxygen atoms in total. The van der Waals surface area contributed by atoms with Crippen LogP contribution >= 0.6 is 0 Å². The van der Waals surface area contributed by atoms with Crippen LogP contribution in [0.4, 0.5) is 0 Å². The lowest BCUT2D eigenvalue weighted by molar-refractivity contribution is -0.0705. The monoisotopic (exact) mass is 287 g/mol. The van der Waals surface area contributed by atoms with Crippen molar-refractivity contribution in [3.63, 3.8) is 0 Å². The third-order valence-electron chi connectivity index (χ3n) is 3.27. The van der Waals surface area contributed by atoms with Gasteiger partial charge in [-0.2, -0.15) is 8.42 Å². The summed E-state index contributed by atoms with van der Waals surface area (Å²) in [6.45, 7) is 0.959. The average Bonchev–Trinajstić information content (AvgIpc) is 2.37. The van der Waals surface area contributed by atoms with Crippen molar-refractivity contribution in [3.8, 4) is 0 Å². The van der Waals surface area contributed by atoms with Crippen LogP contribution in [-0.2, 0) is 26.9 Å². The first-order chi connectivity index (χ1) is 8.89. The molecule has 0 saturated carbocycles. The number of hydrogen-bond acceptors (Lipinski definition) is 5. The molecule has 0 spiro atoms. The van der Waals surface area contributed by atoms with Gasteiger partial charge in [0.25, 0.3) is 10.1 Å². The van der Waals surface area contributed by atoms with E-state index in [2.05, 4.69) is 4.98 Å². The van der Waals surface area contributed by atoms with Gasteiger partial charge in [-0.25, -0.2) is 0 Å². The second-order valence-corrected chi connectivity index (χ2v) is 6.30. The smallest absolute Gasteiger partial charge is 0.265 e. The fourth-order valence-electron chi connectivity index (χ4n) is 2.10. The summed E-state index contributed by atoms with van der Waals surface area (Å²) in [6, 6.07) is 3.37. The molecule has 1 fully saturated rings. The molecular weight excluding hydrogens is 270 g/mol. The summed E-state index contributed by atoms with van der Waals surface area (Å²) in [5.41, 5.74) is 0.248. The molecular formula is C12H17NO5S. The molecule has 7 heteroatoms. The van der Waals surface area contributed by atoms with E-state index in [1.807, 2.05) is 0 Å². The molecule has 1 saturated heterocycles. The summed E-state index contributed by atoms with van der Waals surface area (Å²) in [5.74, 6) is -0.335. The Labute approximate surface area is 112 Å². The third kappa shape index (κ3) is 3.97. The van der Waals surface area contributed by atoms with Crippen molar-refractivity contribution in [2.45, 2.75) is 24.9 Å². The molecule has 2 heterocycles. The minimum Gasteiger partial charge on any atom is -0.383 e. The number of nitrogens with zero attached hydrogens (tertiary/aromatic N) is 1. The Balaban J connectivity index is 2.14. The lowest BCUT2D eigenvalue weighted by Gasteiger charge is -2.31.